The zero-order valence-electron chi connectivity index (χ0n) is 20.7. The Labute approximate surface area is 223 Å². The molecule has 0 bridgehead atoms. The van der Waals surface area contributed by atoms with Crippen LogP contribution in [0.2, 0.25) is 0 Å². The first-order valence-electron chi connectivity index (χ1n) is 13.0. The van der Waals surface area contributed by atoms with Crippen molar-refractivity contribution < 1.29 is 4.74 Å². The molecule has 0 atom stereocenters. The molecule has 0 N–H and O–H groups in total. The topological polar surface area (TPSA) is 44.9 Å². The summed E-state index contributed by atoms with van der Waals surface area (Å²) in [7, 11) is 0. The van der Waals surface area contributed by atoms with Gasteiger partial charge in [0.05, 0.1) is 33.1 Å². The van der Waals surface area contributed by atoms with E-state index in [1.807, 2.05) is 36.4 Å². The lowest BCUT2D eigenvalue weighted by Gasteiger charge is -2.20. The summed E-state index contributed by atoms with van der Waals surface area (Å²) < 4.78 is 10.6. The Kier molecular flexibility index (Phi) is 3.99. The van der Waals surface area contributed by atoms with Gasteiger partial charge in [-0.25, -0.2) is 9.97 Å². The highest BCUT2D eigenvalue weighted by atomic mass is 16.5. The molecule has 0 radical (unpaired) electrons. The fourth-order valence-electron chi connectivity index (χ4n) is 6.02. The van der Waals surface area contributed by atoms with Gasteiger partial charge in [-0.2, -0.15) is 0 Å². The summed E-state index contributed by atoms with van der Waals surface area (Å²) in [4.78, 5) is 10.1. The lowest BCUT2D eigenvalue weighted by atomic mass is 10.0. The van der Waals surface area contributed by atoms with Crippen molar-refractivity contribution in [2.45, 2.75) is 0 Å². The number of hydrogen-bond donors (Lipinski definition) is 0. The lowest BCUT2D eigenvalue weighted by molar-refractivity contribution is 0.486. The quantitative estimate of drug-likeness (QED) is 0.239. The Morgan fingerprint density at radius 3 is 2.36 bits per heavy atom. The minimum atomic E-state index is 0.646. The van der Waals surface area contributed by atoms with E-state index in [9.17, 15) is 0 Å². The first-order valence-corrected chi connectivity index (χ1v) is 13.0. The van der Waals surface area contributed by atoms with E-state index < -0.39 is 0 Å². The number of para-hydroxylation sites is 3. The number of nitrogens with zero attached hydrogens (tertiary/aromatic N) is 4. The van der Waals surface area contributed by atoms with Crippen molar-refractivity contribution in [1.29, 1.82) is 0 Å². The standard InChI is InChI=1S/C34H20N4O/c1-2-9-22(10-3-1)38-27-14-6-4-11-23(27)25-20-28-21(19-29(25)38)17-18-37(28)34-35-26-13-8-16-31-32(26)33(36-34)24-12-5-7-15-30(24)39-31/h1-20H. The summed E-state index contributed by atoms with van der Waals surface area (Å²) in [5.41, 5.74) is 7.33. The van der Waals surface area contributed by atoms with Crippen LogP contribution in [0.4, 0.5) is 0 Å². The van der Waals surface area contributed by atoms with Crippen LogP contribution in [0, 0.1) is 0 Å². The monoisotopic (exact) mass is 500 g/mol. The molecule has 4 heterocycles. The van der Waals surface area contributed by atoms with Gasteiger partial charge in [0, 0.05) is 33.6 Å². The maximum absolute atomic E-state index is 6.19. The predicted molar refractivity (Wildman–Crippen MR) is 156 cm³/mol. The number of hydrogen-bond acceptors (Lipinski definition) is 3. The Bertz CT molecular complexity index is 2260. The van der Waals surface area contributed by atoms with Gasteiger partial charge in [-0.15, -0.1) is 0 Å². The smallest absolute Gasteiger partial charge is 0.235 e. The second-order valence-corrected chi connectivity index (χ2v) is 9.92. The average molecular weight is 501 g/mol. The molecule has 9 rings (SSSR count). The fourth-order valence-corrected chi connectivity index (χ4v) is 6.02. The summed E-state index contributed by atoms with van der Waals surface area (Å²) in [5.74, 6) is 2.25. The number of aromatic nitrogens is 4. The molecule has 0 unspecified atom stereocenters. The second kappa shape index (κ2) is 7.55. The molecule has 5 heteroatoms. The molecule has 0 fully saturated rings. The van der Waals surface area contributed by atoms with Crippen LogP contribution in [-0.2, 0) is 0 Å². The molecule has 8 aromatic rings. The largest absolute Gasteiger partial charge is 0.456 e. The van der Waals surface area contributed by atoms with Crippen LogP contribution < -0.4 is 4.74 Å². The number of benzene rings is 5. The van der Waals surface area contributed by atoms with Crippen LogP contribution >= 0.6 is 0 Å². The fraction of sp³-hybridized carbons (Fsp3) is 0. The number of fused-ring (bicyclic) bond motifs is 6. The van der Waals surface area contributed by atoms with Gasteiger partial charge in [-0.3, -0.25) is 4.57 Å². The van der Waals surface area contributed by atoms with Crippen molar-refractivity contribution >= 4 is 43.6 Å². The molecular formula is C34H20N4O. The Balaban J connectivity index is 1.33. The van der Waals surface area contributed by atoms with Crippen molar-refractivity contribution in [3.63, 3.8) is 0 Å². The Morgan fingerprint density at radius 2 is 1.41 bits per heavy atom. The van der Waals surface area contributed by atoms with Crippen LogP contribution in [0.1, 0.15) is 0 Å². The van der Waals surface area contributed by atoms with Crippen LogP contribution in [-0.4, -0.2) is 19.1 Å². The van der Waals surface area contributed by atoms with Gasteiger partial charge in [-0.05, 0) is 60.7 Å². The summed E-state index contributed by atoms with van der Waals surface area (Å²) in [6, 6.07) is 39.9. The molecule has 0 amide bonds. The SMILES string of the molecule is c1ccc(-n2c3ccccc3c3cc4c(ccn4-c4nc5c6c(cccc6n4)Oc4ccccc4-5)cc32)cc1. The molecule has 0 saturated heterocycles. The van der Waals surface area contributed by atoms with E-state index in [0.29, 0.717) is 5.95 Å². The van der Waals surface area contributed by atoms with Crippen LogP contribution in [0.15, 0.2) is 121 Å². The van der Waals surface area contributed by atoms with E-state index in [-0.39, 0.29) is 0 Å². The van der Waals surface area contributed by atoms with E-state index in [2.05, 4.69) is 94.2 Å². The molecule has 3 aromatic heterocycles. The lowest BCUT2D eigenvalue weighted by Crippen LogP contribution is -2.05. The number of rotatable bonds is 2. The normalized spacial score (nSPS) is 12.3. The molecule has 182 valence electrons. The molecule has 0 saturated carbocycles. The highest BCUT2D eigenvalue weighted by molar-refractivity contribution is 6.13. The molecule has 1 aliphatic rings. The third kappa shape index (κ3) is 2.84. The number of ether oxygens (including phenoxy) is 1. The zero-order valence-corrected chi connectivity index (χ0v) is 20.7. The van der Waals surface area contributed by atoms with Gasteiger partial charge in [0.25, 0.3) is 0 Å². The molecular weight excluding hydrogens is 480 g/mol. The predicted octanol–water partition coefficient (Wildman–Crippen LogP) is 8.44. The summed E-state index contributed by atoms with van der Waals surface area (Å²) >= 11 is 0. The summed E-state index contributed by atoms with van der Waals surface area (Å²) in [6.07, 6.45) is 2.07. The van der Waals surface area contributed by atoms with Crippen LogP contribution in [0.25, 0.3) is 66.5 Å². The van der Waals surface area contributed by atoms with E-state index >= 15 is 0 Å². The Hall–Kier alpha value is -5.42. The van der Waals surface area contributed by atoms with E-state index in [1.54, 1.807) is 0 Å². The van der Waals surface area contributed by atoms with Crippen molar-refractivity contribution in [3.05, 3.63) is 121 Å². The van der Waals surface area contributed by atoms with Gasteiger partial charge in [0.2, 0.25) is 5.95 Å². The molecule has 39 heavy (non-hydrogen) atoms. The molecule has 1 aliphatic heterocycles. The first kappa shape index (κ1) is 20.6. The van der Waals surface area contributed by atoms with Gasteiger partial charge in [-0.1, -0.05) is 54.6 Å². The van der Waals surface area contributed by atoms with Gasteiger partial charge < -0.3 is 9.30 Å². The summed E-state index contributed by atoms with van der Waals surface area (Å²) in [6.45, 7) is 0. The summed E-state index contributed by atoms with van der Waals surface area (Å²) in [5, 5.41) is 4.50. The Morgan fingerprint density at radius 1 is 0.590 bits per heavy atom. The van der Waals surface area contributed by atoms with Gasteiger partial charge in [0.1, 0.15) is 11.5 Å². The van der Waals surface area contributed by atoms with E-state index in [0.717, 1.165) is 50.2 Å². The van der Waals surface area contributed by atoms with Crippen LogP contribution in [0.3, 0.4) is 0 Å². The highest BCUT2D eigenvalue weighted by Gasteiger charge is 2.23. The van der Waals surface area contributed by atoms with Crippen molar-refractivity contribution in [2.24, 2.45) is 0 Å². The van der Waals surface area contributed by atoms with Crippen LogP contribution in [0.5, 0.6) is 11.5 Å². The molecule has 5 nitrogen and oxygen atoms in total. The van der Waals surface area contributed by atoms with Gasteiger partial charge >= 0.3 is 0 Å². The highest BCUT2D eigenvalue weighted by Crippen LogP contribution is 2.45. The van der Waals surface area contributed by atoms with E-state index in [1.165, 1.54) is 21.8 Å². The third-order valence-corrected chi connectivity index (χ3v) is 7.75. The zero-order chi connectivity index (χ0) is 25.5. The van der Waals surface area contributed by atoms with Gasteiger partial charge in [0.15, 0.2) is 0 Å². The van der Waals surface area contributed by atoms with Crippen molar-refractivity contribution in [3.8, 4) is 34.4 Å². The minimum Gasteiger partial charge on any atom is -0.456 e. The molecule has 0 aliphatic carbocycles. The minimum absolute atomic E-state index is 0.646. The average Bonchev–Trinajstić information content (AvgIpc) is 3.55. The first-order chi connectivity index (χ1) is 19.3. The second-order valence-electron chi connectivity index (χ2n) is 9.92. The van der Waals surface area contributed by atoms with Crippen molar-refractivity contribution in [2.75, 3.05) is 0 Å². The van der Waals surface area contributed by atoms with E-state index in [4.69, 9.17) is 14.7 Å². The maximum Gasteiger partial charge on any atom is 0.235 e. The molecule has 5 aromatic carbocycles. The molecule has 0 spiro atoms. The van der Waals surface area contributed by atoms with Crippen molar-refractivity contribution in [1.82, 2.24) is 19.1 Å². The third-order valence-electron chi connectivity index (χ3n) is 7.75. The maximum atomic E-state index is 6.19.